The van der Waals surface area contributed by atoms with Gasteiger partial charge in [0.25, 0.3) is 0 Å². The molecule has 0 bridgehead atoms. The van der Waals surface area contributed by atoms with E-state index >= 15 is 0 Å². The minimum Gasteiger partial charge on any atom is -0.379 e. The lowest BCUT2D eigenvalue weighted by Crippen LogP contribution is -2.52. The Balaban J connectivity index is 2.49. The van der Waals surface area contributed by atoms with Crippen molar-refractivity contribution in [1.82, 2.24) is 15.5 Å². The third-order valence-electron chi connectivity index (χ3n) is 3.43. The van der Waals surface area contributed by atoms with Crippen molar-refractivity contribution >= 4 is 17.7 Å². The third kappa shape index (κ3) is 6.33. The molecule has 0 atom stereocenters. The van der Waals surface area contributed by atoms with Gasteiger partial charge in [-0.15, -0.1) is 0 Å². The van der Waals surface area contributed by atoms with E-state index in [1.807, 2.05) is 11.8 Å². The Labute approximate surface area is 127 Å². The maximum Gasteiger partial charge on any atom is 0.191 e. The lowest BCUT2D eigenvalue weighted by atomic mass is 10.0. The van der Waals surface area contributed by atoms with Crippen molar-refractivity contribution in [3.8, 4) is 0 Å². The van der Waals surface area contributed by atoms with Gasteiger partial charge in [-0.2, -0.15) is 11.8 Å². The van der Waals surface area contributed by atoms with Gasteiger partial charge in [0.05, 0.1) is 19.8 Å². The summed E-state index contributed by atoms with van der Waals surface area (Å²) >= 11 is 1.84. The molecule has 0 aromatic rings. The van der Waals surface area contributed by atoms with Crippen molar-refractivity contribution in [2.45, 2.75) is 26.3 Å². The van der Waals surface area contributed by atoms with Crippen LogP contribution < -0.4 is 10.6 Å². The largest absolute Gasteiger partial charge is 0.379 e. The van der Waals surface area contributed by atoms with E-state index in [-0.39, 0.29) is 5.54 Å². The van der Waals surface area contributed by atoms with Crippen LogP contribution in [-0.4, -0.2) is 74.3 Å². The maximum absolute atomic E-state index is 5.42. The molecule has 1 saturated heterocycles. The van der Waals surface area contributed by atoms with Crippen LogP contribution in [0.3, 0.4) is 0 Å². The van der Waals surface area contributed by atoms with E-state index in [2.05, 4.69) is 42.6 Å². The van der Waals surface area contributed by atoms with Gasteiger partial charge in [-0.3, -0.25) is 9.89 Å². The summed E-state index contributed by atoms with van der Waals surface area (Å²) in [4.78, 5) is 7.20. The third-order valence-corrected chi connectivity index (χ3v) is 4.05. The Morgan fingerprint density at radius 1 is 1.30 bits per heavy atom. The average Bonchev–Trinajstić information content (AvgIpc) is 2.46. The highest BCUT2D eigenvalue weighted by atomic mass is 32.2. The van der Waals surface area contributed by atoms with Crippen LogP contribution in [0.1, 0.15) is 20.8 Å². The zero-order valence-corrected chi connectivity index (χ0v) is 14.2. The second-order valence-electron chi connectivity index (χ2n) is 5.53. The number of aliphatic imine (C=N–C) groups is 1. The van der Waals surface area contributed by atoms with Crippen LogP contribution in [0.15, 0.2) is 4.99 Å². The lowest BCUT2D eigenvalue weighted by Gasteiger charge is -2.39. The van der Waals surface area contributed by atoms with Gasteiger partial charge < -0.3 is 15.4 Å². The van der Waals surface area contributed by atoms with Crippen LogP contribution in [0.2, 0.25) is 0 Å². The van der Waals surface area contributed by atoms with Gasteiger partial charge in [0.2, 0.25) is 0 Å². The number of hydrogen-bond donors (Lipinski definition) is 2. The van der Waals surface area contributed by atoms with Gasteiger partial charge in [-0.25, -0.2) is 0 Å². The molecule has 1 aliphatic heterocycles. The van der Waals surface area contributed by atoms with Crippen LogP contribution in [0.5, 0.6) is 0 Å². The monoisotopic (exact) mass is 302 g/mol. The Morgan fingerprint density at radius 2 is 2.00 bits per heavy atom. The molecule has 0 radical (unpaired) electrons. The molecule has 0 spiro atoms. The number of hydrogen-bond acceptors (Lipinski definition) is 4. The van der Waals surface area contributed by atoms with E-state index < -0.39 is 0 Å². The van der Waals surface area contributed by atoms with E-state index in [4.69, 9.17) is 9.73 Å². The minimum absolute atomic E-state index is 0.0750. The second kappa shape index (κ2) is 9.47. The highest BCUT2D eigenvalue weighted by Crippen LogP contribution is 2.16. The Bertz CT molecular complexity index is 291. The van der Waals surface area contributed by atoms with Crippen molar-refractivity contribution in [2.24, 2.45) is 4.99 Å². The molecular weight excluding hydrogens is 272 g/mol. The molecule has 0 unspecified atom stereocenters. The van der Waals surface area contributed by atoms with E-state index in [0.29, 0.717) is 0 Å². The van der Waals surface area contributed by atoms with Crippen molar-refractivity contribution < 1.29 is 4.74 Å². The predicted molar refractivity (Wildman–Crippen MR) is 88.8 cm³/mol. The van der Waals surface area contributed by atoms with Gasteiger partial charge in [-0.1, -0.05) is 0 Å². The summed E-state index contributed by atoms with van der Waals surface area (Å²) in [6, 6.07) is 0. The molecule has 0 aliphatic carbocycles. The zero-order valence-electron chi connectivity index (χ0n) is 13.4. The number of nitrogens with zero attached hydrogens (tertiary/aromatic N) is 2. The van der Waals surface area contributed by atoms with E-state index in [0.717, 1.165) is 57.6 Å². The van der Waals surface area contributed by atoms with E-state index in [9.17, 15) is 0 Å². The minimum atomic E-state index is 0.0750. The normalized spacial score (nSPS) is 18.1. The number of nitrogens with one attached hydrogen (secondary N) is 2. The van der Waals surface area contributed by atoms with Gasteiger partial charge in [-0.05, 0) is 27.0 Å². The highest BCUT2D eigenvalue weighted by molar-refractivity contribution is 7.98. The molecule has 1 fully saturated rings. The fourth-order valence-electron chi connectivity index (χ4n) is 2.15. The summed E-state index contributed by atoms with van der Waals surface area (Å²) in [5, 5.41) is 6.68. The molecule has 0 aromatic heterocycles. The van der Waals surface area contributed by atoms with Crippen molar-refractivity contribution in [3.05, 3.63) is 0 Å². The summed E-state index contributed by atoms with van der Waals surface area (Å²) in [5.41, 5.74) is 0.0750. The maximum atomic E-state index is 5.42. The van der Waals surface area contributed by atoms with Crippen molar-refractivity contribution in [3.63, 3.8) is 0 Å². The van der Waals surface area contributed by atoms with Gasteiger partial charge in [0.1, 0.15) is 0 Å². The zero-order chi connectivity index (χ0) is 14.8. The smallest absolute Gasteiger partial charge is 0.191 e. The molecule has 1 aliphatic rings. The average molecular weight is 302 g/mol. The number of ether oxygens (including phenoxy) is 1. The Kier molecular flexibility index (Phi) is 8.33. The SMILES string of the molecule is CCNC(=NCC(C)(C)N1CCOCC1)NCCSC. The summed E-state index contributed by atoms with van der Waals surface area (Å²) in [6.45, 7) is 12.9. The molecule has 0 saturated carbocycles. The molecular formula is C14H30N4OS. The molecule has 118 valence electrons. The molecule has 2 N–H and O–H groups in total. The van der Waals surface area contributed by atoms with Gasteiger partial charge >= 0.3 is 0 Å². The van der Waals surface area contributed by atoms with Crippen molar-refractivity contribution in [2.75, 3.05) is 57.9 Å². The predicted octanol–water partition coefficient (Wildman–Crippen LogP) is 1.02. The van der Waals surface area contributed by atoms with Crippen LogP contribution >= 0.6 is 11.8 Å². The first kappa shape index (κ1) is 17.6. The summed E-state index contributed by atoms with van der Waals surface area (Å²) < 4.78 is 5.42. The Morgan fingerprint density at radius 3 is 2.60 bits per heavy atom. The fourth-order valence-corrected chi connectivity index (χ4v) is 2.46. The summed E-state index contributed by atoms with van der Waals surface area (Å²) in [5.74, 6) is 2.01. The summed E-state index contributed by atoms with van der Waals surface area (Å²) in [6.07, 6.45) is 2.12. The number of morpholine rings is 1. The van der Waals surface area contributed by atoms with Crippen LogP contribution in [0.25, 0.3) is 0 Å². The summed E-state index contributed by atoms with van der Waals surface area (Å²) in [7, 11) is 0. The fraction of sp³-hybridized carbons (Fsp3) is 0.929. The van der Waals surface area contributed by atoms with E-state index in [1.165, 1.54) is 0 Å². The quantitative estimate of drug-likeness (QED) is 0.418. The van der Waals surface area contributed by atoms with Crippen LogP contribution in [0.4, 0.5) is 0 Å². The first-order valence-electron chi connectivity index (χ1n) is 7.44. The number of rotatable bonds is 7. The lowest BCUT2D eigenvalue weighted by molar-refractivity contribution is -0.00683. The standard InChI is InChI=1S/C14H30N4OS/c1-5-15-13(16-6-11-20-4)17-12-14(2,3)18-7-9-19-10-8-18/h5-12H2,1-4H3,(H2,15,16,17). The van der Waals surface area contributed by atoms with Crippen LogP contribution in [0, 0.1) is 0 Å². The van der Waals surface area contributed by atoms with E-state index in [1.54, 1.807) is 0 Å². The van der Waals surface area contributed by atoms with Gasteiger partial charge in [0, 0.05) is 37.5 Å². The van der Waals surface area contributed by atoms with Crippen LogP contribution in [-0.2, 0) is 4.74 Å². The number of guanidine groups is 1. The highest BCUT2D eigenvalue weighted by Gasteiger charge is 2.27. The van der Waals surface area contributed by atoms with Gasteiger partial charge in [0.15, 0.2) is 5.96 Å². The number of thioether (sulfide) groups is 1. The molecule has 20 heavy (non-hydrogen) atoms. The molecule has 6 heteroatoms. The van der Waals surface area contributed by atoms with Crippen molar-refractivity contribution in [1.29, 1.82) is 0 Å². The Hall–Kier alpha value is -0.460. The molecule has 0 aromatic carbocycles. The molecule has 0 amide bonds. The molecule has 5 nitrogen and oxygen atoms in total. The topological polar surface area (TPSA) is 48.9 Å². The molecule has 1 heterocycles. The first-order valence-corrected chi connectivity index (χ1v) is 8.83. The molecule has 1 rings (SSSR count). The second-order valence-corrected chi connectivity index (χ2v) is 6.51. The first-order chi connectivity index (χ1) is 9.60.